The maximum absolute atomic E-state index is 5.90. The Balaban J connectivity index is 1.47. The third-order valence-corrected chi connectivity index (χ3v) is 4.79. The van der Waals surface area contributed by atoms with E-state index < -0.39 is 0 Å². The zero-order valence-electron chi connectivity index (χ0n) is 18.1. The minimum atomic E-state index is 0.305. The number of benzene rings is 2. The number of amidine groups is 1. The molecular weight excluding hydrogens is 412 g/mol. The number of hydrogen-bond donors (Lipinski definition) is 3. The molecule has 0 bridgehead atoms. The first-order chi connectivity index (χ1) is 15.7. The second kappa shape index (κ2) is 10.1. The Labute approximate surface area is 184 Å². The molecule has 4 rings (SSSR count). The van der Waals surface area contributed by atoms with Crippen molar-refractivity contribution in [2.75, 3.05) is 40.6 Å². The molecule has 168 valence electrons. The van der Waals surface area contributed by atoms with Crippen molar-refractivity contribution >= 4 is 27.9 Å². The molecule has 0 saturated heterocycles. The van der Waals surface area contributed by atoms with Crippen molar-refractivity contribution in [3.63, 3.8) is 0 Å². The van der Waals surface area contributed by atoms with Crippen molar-refractivity contribution in [1.82, 2.24) is 19.9 Å². The molecule has 0 radical (unpaired) electrons. The zero-order chi connectivity index (χ0) is 22.3. The van der Waals surface area contributed by atoms with Crippen molar-refractivity contribution in [2.45, 2.75) is 6.42 Å². The number of nitrogens with zero attached hydrogens (tertiary/aromatic N) is 3. The van der Waals surface area contributed by atoms with Crippen LogP contribution in [0.1, 0.15) is 17.2 Å². The quantitative estimate of drug-likeness (QED) is 0.142. The number of methoxy groups -OCH3 is 1. The van der Waals surface area contributed by atoms with Gasteiger partial charge in [0, 0.05) is 12.7 Å². The second-order valence-electron chi connectivity index (χ2n) is 7.04. The molecule has 2 aromatic carbocycles. The van der Waals surface area contributed by atoms with Crippen LogP contribution in [-0.4, -0.2) is 66.4 Å². The van der Waals surface area contributed by atoms with Gasteiger partial charge in [-0.3, -0.25) is 0 Å². The van der Waals surface area contributed by atoms with Gasteiger partial charge in [0.05, 0.1) is 42.8 Å². The fourth-order valence-corrected chi connectivity index (χ4v) is 3.33. The standard InChI is InChI=1S/C22H26N6O4/c1-29-8-9-31-10-11-32-18-5-3-4-16-21(18)27-20(25-16)13-19-24-15-7-6-14(12-17(15)26-19)22(23)28-30-2/h3-7,12H,8-11,13H2,1-2H3,(H2,23,28)(H,24,26)(H,25,27). The summed E-state index contributed by atoms with van der Waals surface area (Å²) < 4.78 is 16.3. The Morgan fingerprint density at radius 3 is 2.62 bits per heavy atom. The Bertz CT molecular complexity index is 1220. The zero-order valence-corrected chi connectivity index (χ0v) is 18.1. The van der Waals surface area contributed by atoms with E-state index in [0.29, 0.717) is 44.4 Å². The topological polar surface area (TPSA) is 133 Å². The van der Waals surface area contributed by atoms with E-state index in [1.807, 2.05) is 36.4 Å². The van der Waals surface area contributed by atoms with Gasteiger partial charge < -0.3 is 34.7 Å². The number of aromatic amines is 2. The van der Waals surface area contributed by atoms with Crippen molar-refractivity contribution < 1.29 is 19.0 Å². The summed E-state index contributed by atoms with van der Waals surface area (Å²) in [6.07, 6.45) is 0.514. The van der Waals surface area contributed by atoms with E-state index in [2.05, 4.69) is 20.1 Å². The molecule has 4 N–H and O–H groups in total. The summed E-state index contributed by atoms with van der Waals surface area (Å²) in [5.41, 5.74) is 10.0. The summed E-state index contributed by atoms with van der Waals surface area (Å²) in [6, 6.07) is 11.4. The van der Waals surface area contributed by atoms with Crippen molar-refractivity contribution in [2.24, 2.45) is 10.9 Å². The number of oxime groups is 1. The first-order valence-electron chi connectivity index (χ1n) is 10.2. The largest absolute Gasteiger partial charge is 0.489 e. The van der Waals surface area contributed by atoms with Gasteiger partial charge in [-0.2, -0.15) is 0 Å². The number of ether oxygens (including phenoxy) is 3. The fourth-order valence-electron chi connectivity index (χ4n) is 3.33. The SMILES string of the molecule is COCCOCCOc1cccc2[nH]c(Cc3nc4ccc(C(N)=NOC)cc4[nH]3)nc12. The monoisotopic (exact) mass is 438 g/mol. The Kier molecular flexibility index (Phi) is 6.83. The predicted molar refractivity (Wildman–Crippen MR) is 121 cm³/mol. The smallest absolute Gasteiger partial charge is 0.170 e. The highest BCUT2D eigenvalue weighted by Gasteiger charge is 2.12. The van der Waals surface area contributed by atoms with E-state index in [-0.39, 0.29) is 0 Å². The van der Waals surface area contributed by atoms with Gasteiger partial charge in [-0.1, -0.05) is 11.2 Å². The molecule has 0 unspecified atom stereocenters. The molecule has 0 saturated carbocycles. The van der Waals surface area contributed by atoms with Crippen molar-refractivity contribution in [3.05, 3.63) is 53.6 Å². The molecule has 10 nitrogen and oxygen atoms in total. The van der Waals surface area contributed by atoms with Crippen molar-refractivity contribution in [1.29, 1.82) is 0 Å². The average Bonchev–Trinajstić information content (AvgIpc) is 3.39. The van der Waals surface area contributed by atoms with Crippen LogP contribution in [0.15, 0.2) is 41.6 Å². The third kappa shape index (κ3) is 4.98. The highest BCUT2D eigenvalue weighted by atomic mass is 16.6. The first kappa shape index (κ1) is 21.6. The lowest BCUT2D eigenvalue weighted by atomic mass is 10.2. The summed E-state index contributed by atoms with van der Waals surface area (Å²) in [5, 5.41) is 3.77. The molecule has 0 aliphatic carbocycles. The Morgan fingerprint density at radius 2 is 1.78 bits per heavy atom. The highest BCUT2D eigenvalue weighted by Crippen LogP contribution is 2.24. The molecule has 0 fully saturated rings. The highest BCUT2D eigenvalue weighted by molar-refractivity contribution is 5.99. The third-order valence-electron chi connectivity index (χ3n) is 4.79. The van der Waals surface area contributed by atoms with E-state index >= 15 is 0 Å². The number of para-hydroxylation sites is 1. The molecule has 0 atom stereocenters. The number of fused-ring (bicyclic) bond motifs is 2. The van der Waals surface area contributed by atoms with E-state index in [1.165, 1.54) is 7.11 Å². The number of aromatic nitrogens is 4. The van der Waals surface area contributed by atoms with Gasteiger partial charge in [0.15, 0.2) is 5.84 Å². The van der Waals surface area contributed by atoms with Gasteiger partial charge >= 0.3 is 0 Å². The molecule has 0 spiro atoms. The van der Waals surface area contributed by atoms with Crippen LogP contribution in [0, 0.1) is 0 Å². The lowest BCUT2D eigenvalue weighted by Gasteiger charge is -2.07. The van der Waals surface area contributed by atoms with Gasteiger partial charge in [0.2, 0.25) is 0 Å². The average molecular weight is 438 g/mol. The Hall–Kier alpha value is -3.63. The summed E-state index contributed by atoms with van der Waals surface area (Å²) in [7, 11) is 3.10. The van der Waals surface area contributed by atoms with E-state index in [9.17, 15) is 0 Å². The summed E-state index contributed by atoms with van der Waals surface area (Å²) in [6.45, 7) is 2.03. The van der Waals surface area contributed by atoms with Gasteiger partial charge in [-0.05, 0) is 30.3 Å². The maximum atomic E-state index is 5.90. The molecule has 0 aliphatic rings. The summed E-state index contributed by atoms with van der Waals surface area (Å²) >= 11 is 0. The molecule has 0 amide bonds. The number of imidazole rings is 2. The van der Waals surface area contributed by atoms with Gasteiger partial charge in [-0.25, -0.2) is 9.97 Å². The van der Waals surface area contributed by atoms with Crippen LogP contribution in [0.25, 0.3) is 22.1 Å². The first-order valence-corrected chi connectivity index (χ1v) is 10.2. The minimum Gasteiger partial charge on any atom is -0.489 e. The van der Waals surface area contributed by atoms with Crippen LogP contribution < -0.4 is 10.5 Å². The van der Waals surface area contributed by atoms with E-state index in [0.717, 1.165) is 39.3 Å². The number of nitrogens with one attached hydrogen (secondary N) is 2. The normalized spacial score (nSPS) is 12.0. The van der Waals surface area contributed by atoms with Crippen molar-refractivity contribution in [3.8, 4) is 5.75 Å². The number of hydrogen-bond acceptors (Lipinski definition) is 7. The van der Waals surface area contributed by atoms with Crippen LogP contribution in [0.3, 0.4) is 0 Å². The van der Waals surface area contributed by atoms with Gasteiger partial charge in [0.25, 0.3) is 0 Å². The predicted octanol–water partition coefficient (Wildman–Crippen LogP) is 2.34. The second-order valence-corrected chi connectivity index (χ2v) is 7.04. The molecule has 2 aromatic heterocycles. The number of H-pyrrole nitrogens is 2. The van der Waals surface area contributed by atoms with E-state index in [1.54, 1.807) is 7.11 Å². The molecule has 0 aliphatic heterocycles. The van der Waals surface area contributed by atoms with Gasteiger partial charge in [-0.15, -0.1) is 0 Å². The minimum absolute atomic E-state index is 0.305. The molecular formula is C22H26N6O4. The number of nitrogens with two attached hydrogens (primary N) is 1. The van der Waals surface area contributed by atoms with Crippen LogP contribution in [0.5, 0.6) is 5.75 Å². The lowest BCUT2D eigenvalue weighted by molar-refractivity contribution is 0.0546. The van der Waals surface area contributed by atoms with Crippen LogP contribution >= 0.6 is 0 Å². The fraction of sp³-hybridized carbons (Fsp3) is 0.318. The van der Waals surface area contributed by atoms with Gasteiger partial charge in [0.1, 0.15) is 36.6 Å². The summed E-state index contributed by atoms with van der Waals surface area (Å²) in [4.78, 5) is 20.8. The molecule has 2 heterocycles. The lowest BCUT2D eigenvalue weighted by Crippen LogP contribution is -2.13. The number of rotatable bonds is 11. The molecule has 4 aromatic rings. The van der Waals surface area contributed by atoms with Crippen LogP contribution in [0.4, 0.5) is 0 Å². The van der Waals surface area contributed by atoms with Crippen LogP contribution in [0.2, 0.25) is 0 Å². The van der Waals surface area contributed by atoms with E-state index in [4.69, 9.17) is 29.8 Å². The molecule has 32 heavy (non-hydrogen) atoms. The Morgan fingerprint density at radius 1 is 0.969 bits per heavy atom. The molecule has 10 heteroatoms. The summed E-state index contributed by atoms with van der Waals surface area (Å²) in [5.74, 6) is 2.58. The maximum Gasteiger partial charge on any atom is 0.170 e. The van der Waals surface area contributed by atoms with Crippen LogP contribution in [-0.2, 0) is 20.7 Å².